The Hall–Kier alpha value is -2.05. The van der Waals surface area contributed by atoms with Crippen molar-refractivity contribution in [3.63, 3.8) is 0 Å². The number of fused-ring (bicyclic) bond motifs is 1. The van der Waals surface area contributed by atoms with Crippen molar-refractivity contribution in [3.8, 4) is 17.0 Å². The number of carboxylic acids is 1. The van der Waals surface area contributed by atoms with Gasteiger partial charge in [0.15, 0.2) is 4.96 Å². The lowest BCUT2D eigenvalue weighted by atomic mass is 10.1. The van der Waals surface area contributed by atoms with Crippen molar-refractivity contribution < 1.29 is 14.6 Å². The standard InChI is InChI=1S/C15H13ClN2O3S/c1-2-21-13-4-3-9(5-11(13)16)12-8-18-7-10(6-14(19)20)22-15(18)17-12/h3-5,7-8H,2,6H2,1H3,(H,19,20). The zero-order valence-electron chi connectivity index (χ0n) is 11.7. The number of nitrogens with zero attached hydrogens (tertiary/aromatic N) is 2. The number of hydrogen-bond donors (Lipinski definition) is 1. The van der Waals surface area contributed by atoms with E-state index in [0.29, 0.717) is 17.4 Å². The quantitative estimate of drug-likeness (QED) is 0.770. The fraction of sp³-hybridized carbons (Fsp3) is 0.200. The SMILES string of the molecule is CCOc1ccc(-c2cn3cc(CC(=O)O)sc3n2)cc1Cl. The highest BCUT2D eigenvalue weighted by atomic mass is 35.5. The van der Waals surface area contributed by atoms with Gasteiger partial charge in [-0.05, 0) is 25.1 Å². The Balaban J connectivity index is 1.91. The van der Waals surface area contributed by atoms with Gasteiger partial charge in [-0.25, -0.2) is 4.98 Å². The van der Waals surface area contributed by atoms with Crippen LogP contribution in [0.5, 0.6) is 5.75 Å². The molecule has 7 heteroatoms. The molecule has 0 atom stereocenters. The molecule has 0 aliphatic heterocycles. The zero-order chi connectivity index (χ0) is 15.7. The lowest BCUT2D eigenvalue weighted by Gasteiger charge is -2.06. The fourth-order valence-corrected chi connectivity index (χ4v) is 3.33. The number of aromatic nitrogens is 2. The number of aliphatic carboxylic acids is 1. The van der Waals surface area contributed by atoms with E-state index in [1.807, 2.05) is 35.7 Å². The Labute approximate surface area is 135 Å². The second kappa shape index (κ2) is 5.98. The van der Waals surface area contributed by atoms with Crippen molar-refractivity contribution in [3.05, 3.63) is 40.5 Å². The lowest BCUT2D eigenvalue weighted by Crippen LogP contribution is -1.97. The number of halogens is 1. The number of benzene rings is 1. The average Bonchev–Trinajstić information content (AvgIpc) is 2.98. The van der Waals surface area contributed by atoms with Gasteiger partial charge in [0, 0.05) is 22.8 Å². The van der Waals surface area contributed by atoms with Crippen LogP contribution < -0.4 is 4.74 Å². The number of thiazole rings is 1. The third kappa shape index (κ3) is 2.93. The summed E-state index contributed by atoms with van der Waals surface area (Å²) in [6.45, 7) is 2.47. The van der Waals surface area contributed by atoms with Crippen molar-refractivity contribution in [1.29, 1.82) is 0 Å². The minimum absolute atomic E-state index is 0.0121. The van der Waals surface area contributed by atoms with E-state index in [1.54, 1.807) is 6.20 Å². The van der Waals surface area contributed by atoms with Crippen LogP contribution in [0.4, 0.5) is 0 Å². The minimum atomic E-state index is -0.844. The summed E-state index contributed by atoms with van der Waals surface area (Å²) in [4.78, 5) is 16.8. The van der Waals surface area contributed by atoms with E-state index in [1.165, 1.54) is 11.3 Å². The predicted molar refractivity (Wildman–Crippen MR) is 86.0 cm³/mol. The van der Waals surface area contributed by atoms with E-state index in [2.05, 4.69) is 4.98 Å². The fourth-order valence-electron chi connectivity index (χ4n) is 2.15. The van der Waals surface area contributed by atoms with Crippen LogP contribution in [0.15, 0.2) is 30.6 Å². The molecule has 2 aromatic heterocycles. The largest absolute Gasteiger partial charge is 0.492 e. The molecule has 114 valence electrons. The average molecular weight is 337 g/mol. The first kappa shape index (κ1) is 14.9. The first-order chi connectivity index (χ1) is 10.6. The van der Waals surface area contributed by atoms with Gasteiger partial charge >= 0.3 is 5.97 Å². The van der Waals surface area contributed by atoms with Gasteiger partial charge in [0.2, 0.25) is 0 Å². The summed E-state index contributed by atoms with van der Waals surface area (Å²) in [5.74, 6) is -0.194. The van der Waals surface area contributed by atoms with Gasteiger partial charge in [0.25, 0.3) is 0 Å². The number of carboxylic acid groups (broad SMARTS) is 1. The van der Waals surface area contributed by atoms with Gasteiger partial charge in [-0.15, -0.1) is 11.3 Å². The van der Waals surface area contributed by atoms with Gasteiger partial charge in [-0.2, -0.15) is 0 Å². The summed E-state index contributed by atoms with van der Waals surface area (Å²) in [5, 5.41) is 9.36. The van der Waals surface area contributed by atoms with Crippen molar-refractivity contribution >= 4 is 33.9 Å². The number of rotatable bonds is 5. The molecule has 0 aliphatic carbocycles. The molecular weight excluding hydrogens is 324 g/mol. The summed E-state index contributed by atoms with van der Waals surface area (Å²) < 4.78 is 7.25. The summed E-state index contributed by atoms with van der Waals surface area (Å²) in [5.41, 5.74) is 1.68. The molecule has 2 heterocycles. The molecular formula is C15H13ClN2O3S. The number of hydrogen-bond acceptors (Lipinski definition) is 4. The van der Waals surface area contributed by atoms with Gasteiger partial charge < -0.3 is 9.84 Å². The molecule has 0 saturated carbocycles. The van der Waals surface area contributed by atoms with E-state index >= 15 is 0 Å². The first-order valence-corrected chi connectivity index (χ1v) is 7.88. The molecule has 1 N–H and O–H groups in total. The monoisotopic (exact) mass is 336 g/mol. The second-order valence-electron chi connectivity index (χ2n) is 4.66. The van der Waals surface area contributed by atoms with E-state index in [9.17, 15) is 4.79 Å². The van der Waals surface area contributed by atoms with Crippen LogP contribution in [-0.2, 0) is 11.2 Å². The van der Waals surface area contributed by atoms with E-state index < -0.39 is 5.97 Å². The Morgan fingerprint density at radius 2 is 2.27 bits per heavy atom. The summed E-state index contributed by atoms with van der Waals surface area (Å²) in [6.07, 6.45) is 3.67. The van der Waals surface area contributed by atoms with E-state index in [-0.39, 0.29) is 6.42 Å². The van der Waals surface area contributed by atoms with E-state index in [0.717, 1.165) is 21.1 Å². The van der Waals surface area contributed by atoms with Crippen LogP contribution in [0, 0.1) is 0 Å². The van der Waals surface area contributed by atoms with Crippen LogP contribution in [0.3, 0.4) is 0 Å². The Morgan fingerprint density at radius 3 is 2.91 bits per heavy atom. The Morgan fingerprint density at radius 1 is 1.45 bits per heavy atom. The topological polar surface area (TPSA) is 63.8 Å². The normalized spacial score (nSPS) is 11.0. The molecule has 1 aromatic carbocycles. The number of carbonyl (C=O) groups is 1. The van der Waals surface area contributed by atoms with Crippen LogP contribution in [0.1, 0.15) is 11.8 Å². The van der Waals surface area contributed by atoms with Crippen molar-refractivity contribution in [2.75, 3.05) is 6.61 Å². The predicted octanol–water partition coefficient (Wildman–Crippen LogP) is 3.74. The van der Waals surface area contributed by atoms with Crippen molar-refractivity contribution in [2.24, 2.45) is 0 Å². The maximum absolute atomic E-state index is 10.7. The number of imidazole rings is 1. The van der Waals surface area contributed by atoms with Crippen LogP contribution in [-0.4, -0.2) is 27.1 Å². The molecule has 22 heavy (non-hydrogen) atoms. The zero-order valence-corrected chi connectivity index (χ0v) is 13.3. The van der Waals surface area contributed by atoms with Crippen LogP contribution >= 0.6 is 22.9 Å². The Kier molecular flexibility index (Phi) is 4.04. The maximum Gasteiger partial charge on any atom is 0.308 e. The van der Waals surface area contributed by atoms with Gasteiger partial charge in [0.1, 0.15) is 5.75 Å². The highest BCUT2D eigenvalue weighted by Gasteiger charge is 2.11. The molecule has 0 fully saturated rings. The maximum atomic E-state index is 10.7. The van der Waals surface area contributed by atoms with Gasteiger partial charge in [0.05, 0.1) is 23.7 Å². The molecule has 0 aliphatic rings. The van der Waals surface area contributed by atoms with Gasteiger partial charge in [-0.3, -0.25) is 9.20 Å². The molecule has 0 saturated heterocycles. The molecule has 0 radical (unpaired) electrons. The highest BCUT2D eigenvalue weighted by molar-refractivity contribution is 7.17. The van der Waals surface area contributed by atoms with Crippen LogP contribution in [0.25, 0.3) is 16.2 Å². The second-order valence-corrected chi connectivity index (χ2v) is 6.16. The number of ether oxygens (including phenoxy) is 1. The lowest BCUT2D eigenvalue weighted by molar-refractivity contribution is -0.136. The highest BCUT2D eigenvalue weighted by Crippen LogP contribution is 2.31. The molecule has 0 bridgehead atoms. The molecule has 3 rings (SSSR count). The molecule has 0 unspecified atom stereocenters. The summed E-state index contributed by atoms with van der Waals surface area (Å²) in [6, 6.07) is 5.54. The van der Waals surface area contributed by atoms with Crippen molar-refractivity contribution in [1.82, 2.24) is 9.38 Å². The molecule has 0 amide bonds. The summed E-state index contributed by atoms with van der Waals surface area (Å²) in [7, 11) is 0. The minimum Gasteiger partial charge on any atom is -0.492 e. The molecule has 3 aromatic rings. The Bertz CT molecular complexity index is 809. The van der Waals surface area contributed by atoms with Crippen LogP contribution in [0.2, 0.25) is 5.02 Å². The van der Waals surface area contributed by atoms with Gasteiger partial charge in [-0.1, -0.05) is 11.6 Å². The van der Waals surface area contributed by atoms with Crippen molar-refractivity contribution in [2.45, 2.75) is 13.3 Å². The molecule has 0 spiro atoms. The molecule has 5 nitrogen and oxygen atoms in total. The third-order valence-corrected chi connectivity index (χ3v) is 4.35. The van der Waals surface area contributed by atoms with E-state index in [4.69, 9.17) is 21.4 Å². The first-order valence-electron chi connectivity index (χ1n) is 6.68. The third-order valence-electron chi connectivity index (χ3n) is 3.06. The smallest absolute Gasteiger partial charge is 0.308 e. The summed E-state index contributed by atoms with van der Waals surface area (Å²) >= 11 is 7.56.